The number of carbonyl (C=O) groups excluding carboxylic acids is 2. The third-order valence-corrected chi connectivity index (χ3v) is 4.93. The predicted molar refractivity (Wildman–Crippen MR) is 114 cm³/mol. The van der Waals surface area contributed by atoms with Crippen LogP contribution in [0.3, 0.4) is 0 Å². The van der Waals surface area contributed by atoms with Crippen LogP contribution < -0.4 is 10.6 Å². The van der Waals surface area contributed by atoms with E-state index in [-0.39, 0.29) is 42.5 Å². The highest BCUT2D eigenvalue weighted by molar-refractivity contribution is 5.94. The molecule has 10 nitrogen and oxygen atoms in total. The molecule has 3 N–H and O–H groups in total. The van der Waals surface area contributed by atoms with Crippen molar-refractivity contribution in [1.29, 1.82) is 5.41 Å². The maximum absolute atomic E-state index is 14.9. The standard InChI is InChI=1S/C21H25FN6O4/c1-31-13-18(29)27-5-7-28(8-6-27)21-25-10-15(11-26-21)16-4-2-3-14(20(16)22)12-32-19(30)9-17(23)24/h2-4,10-11H,5-9,12-13H2,1H3,(H3,23,24). The molecule has 11 heteroatoms. The van der Waals surface area contributed by atoms with Gasteiger partial charge in [-0.3, -0.25) is 15.0 Å². The quantitative estimate of drug-likeness (QED) is 0.349. The highest BCUT2D eigenvalue weighted by atomic mass is 19.1. The number of hydrogen-bond acceptors (Lipinski definition) is 8. The largest absolute Gasteiger partial charge is 0.460 e. The van der Waals surface area contributed by atoms with Crippen molar-refractivity contribution in [1.82, 2.24) is 14.9 Å². The average molecular weight is 444 g/mol. The van der Waals surface area contributed by atoms with Gasteiger partial charge in [-0.05, 0) is 0 Å². The van der Waals surface area contributed by atoms with E-state index in [0.29, 0.717) is 37.7 Å². The van der Waals surface area contributed by atoms with E-state index in [0.717, 1.165) is 0 Å². The molecule has 2 heterocycles. The van der Waals surface area contributed by atoms with Gasteiger partial charge in [0.2, 0.25) is 11.9 Å². The van der Waals surface area contributed by atoms with Crippen molar-refractivity contribution in [2.75, 3.05) is 44.8 Å². The molecule has 0 spiro atoms. The molecule has 32 heavy (non-hydrogen) atoms. The lowest BCUT2D eigenvalue weighted by Gasteiger charge is -2.34. The van der Waals surface area contributed by atoms with Crippen molar-refractivity contribution in [3.8, 4) is 11.1 Å². The minimum atomic E-state index is -0.695. The number of nitrogens with one attached hydrogen (secondary N) is 1. The highest BCUT2D eigenvalue weighted by Crippen LogP contribution is 2.25. The summed E-state index contributed by atoms with van der Waals surface area (Å²) in [5.74, 6) is -1.10. The van der Waals surface area contributed by atoms with Gasteiger partial charge in [0.15, 0.2) is 0 Å². The van der Waals surface area contributed by atoms with Crippen LogP contribution in [0.4, 0.5) is 10.3 Å². The third-order valence-electron chi connectivity index (χ3n) is 4.93. The van der Waals surface area contributed by atoms with Crippen LogP contribution in [-0.4, -0.2) is 72.5 Å². The molecule has 1 aliphatic rings. The number of rotatable bonds is 8. The first-order valence-electron chi connectivity index (χ1n) is 9.99. The van der Waals surface area contributed by atoms with Gasteiger partial charge in [-0.25, -0.2) is 14.4 Å². The molecule has 1 aromatic carbocycles. The Hall–Kier alpha value is -3.60. The number of ether oxygens (including phenoxy) is 2. The zero-order valence-electron chi connectivity index (χ0n) is 17.7. The SMILES string of the molecule is COCC(=O)N1CCN(c2ncc(-c3cccc(COC(=O)CC(=N)N)c3F)cn2)CC1. The normalized spacial score (nSPS) is 13.7. The molecule has 0 atom stereocenters. The van der Waals surface area contributed by atoms with E-state index in [9.17, 15) is 14.0 Å². The first-order valence-corrected chi connectivity index (χ1v) is 9.99. The summed E-state index contributed by atoms with van der Waals surface area (Å²) in [7, 11) is 1.49. The van der Waals surface area contributed by atoms with Gasteiger partial charge in [-0.15, -0.1) is 0 Å². The summed E-state index contributed by atoms with van der Waals surface area (Å²) in [5, 5.41) is 7.10. The molecule has 1 aliphatic heterocycles. The van der Waals surface area contributed by atoms with Gasteiger partial charge in [0.25, 0.3) is 0 Å². The van der Waals surface area contributed by atoms with Crippen molar-refractivity contribution < 1.29 is 23.5 Å². The summed E-state index contributed by atoms with van der Waals surface area (Å²) in [5.41, 5.74) is 6.12. The number of carbonyl (C=O) groups is 2. The van der Waals surface area contributed by atoms with Gasteiger partial charge >= 0.3 is 5.97 Å². The minimum absolute atomic E-state index is 0.0502. The number of anilines is 1. The molecule has 0 unspecified atom stereocenters. The molecular weight excluding hydrogens is 419 g/mol. The molecule has 0 saturated carbocycles. The molecule has 3 rings (SSSR count). The van der Waals surface area contributed by atoms with Crippen molar-refractivity contribution in [3.05, 3.63) is 42.0 Å². The molecule has 1 saturated heterocycles. The van der Waals surface area contributed by atoms with Crippen LogP contribution in [-0.2, 0) is 25.7 Å². The summed E-state index contributed by atoms with van der Waals surface area (Å²) in [6.45, 7) is 2.07. The lowest BCUT2D eigenvalue weighted by Crippen LogP contribution is -2.50. The van der Waals surface area contributed by atoms with Crippen molar-refractivity contribution in [3.63, 3.8) is 0 Å². The van der Waals surface area contributed by atoms with Crippen molar-refractivity contribution >= 4 is 23.7 Å². The summed E-state index contributed by atoms with van der Waals surface area (Å²) < 4.78 is 24.8. The number of esters is 1. The average Bonchev–Trinajstić information content (AvgIpc) is 2.78. The second-order valence-corrected chi connectivity index (χ2v) is 7.21. The van der Waals surface area contributed by atoms with Crippen molar-refractivity contribution in [2.45, 2.75) is 13.0 Å². The van der Waals surface area contributed by atoms with Crippen LogP contribution in [0.1, 0.15) is 12.0 Å². The molecule has 1 aromatic heterocycles. The molecule has 1 amide bonds. The zero-order chi connectivity index (χ0) is 23.1. The molecule has 0 bridgehead atoms. The van der Waals surface area contributed by atoms with Gasteiger partial charge in [-0.1, -0.05) is 18.2 Å². The van der Waals surface area contributed by atoms with Crippen LogP contribution in [0.2, 0.25) is 0 Å². The van der Waals surface area contributed by atoms with E-state index >= 15 is 0 Å². The topological polar surface area (TPSA) is 135 Å². The number of amides is 1. The van der Waals surface area contributed by atoms with E-state index in [1.807, 2.05) is 4.90 Å². The number of methoxy groups -OCH3 is 1. The van der Waals surface area contributed by atoms with Crippen LogP contribution in [0.5, 0.6) is 0 Å². The second-order valence-electron chi connectivity index (χ2n) is 7.21. The van der Waals surface area contributed by atoms with Gasteiger partial charge < -0.3 is 25.0 Å². The number of aromatic nitrogens is 2. The smallest absolute Gasteiger partial charge is 0.313 e. The Kier molecular flexibility index (Phi) is 7.66. The van der Waals surface area contributed by atoms with E-state index in [4.69, 9.17) is 20.6 Å². The maximum atomic E-state index is 14.9. The third kappa shape index (κ3) is 5.76. The van der Waals surface area contributed by atoms with Crippen LogP contribution >= 0.6 is 0 Å². The maximum Gasteiger partial charge on any atom is 0.313 e. The zero-order valence-corrected chi connectivity index (χ0v) is 17.7. The lowest BCUT2D eigenvalue weighted by atomic mass is 10.1. The van der Waals surface area contributed by atoms with Crippen LogP contribution in [0.25, 0.3) is 11.1 Å². The molecule has 0 aliphatic carbocycles. The summed E-state index contributed by atoms with van der Waals surface area (Å²) in [4.78, 5) is 35.9. The Bertz CT molecular complexity index is 977. The highest BCUT2D eigenvalue weighted by Gasteiger charge is 2.22. The number of hydrogen-bond donors (Lipinski definition) is 2. The Morgan fingerprint density at radius 3 is 2.50 bits per heavy atom. The second kappa shape index (κ2) is 10.6. The first-order chi connectivity index (χ1) is 15.4. The Morgan fingerprint density at radius 1 is 1.19 bits per heavy atom. The van der Waals surface area contributed by atoms with Gasteiger partial charge in [0.05, 0.1) is 0 Å². The molecular formula is C21H25FN6O4. The molecule has 0 radical (unpaired) electrons. The van der Waals surface area contributed by atoms with Gasteiger partial charge in [0, 0.05) is 62.4 Å². The van der Waals surface area contributed by atoms with Crippen molar-refractivity contribution in [2.24, 2.45) is 5.73 Å². The fraction of sp³-hybridized carbons (Fsp3) is 0.381. The molecule has 170 valence electrons. The van der Waals surface area contributed by atoms with E-state index in [1.165, 1.54) is 25.6 Å². The van der Waals surface area contributed by atoms with Crippen LogP contribution in [0, 0.1) is 11.2 Å². The summed E-state index contributed by atoms with van der Waals surface area (Å²) in [6, 6.07) is 4.75. The number of benzene rings is 1. The fourth-order valence-electron chi connectivity index (χ4n) is 3.27. The minimum Gasteiger partial charge on any atom is -0.460 e. The van der Waals surface area contributed by atoms with E-state index in [2.05, 4.69) is 9.97 Å². The Morgan fingerprint density at radius 2 is 1.88 bits per heavy atom. The number of amidine groups is 1. The van der Waals surface area contributed by atoms with E-state index < -0.39 is 11.8 Å². The first kappa shape index (κ1) is 23.1. The fourth-order valence-corrected chi connectivity index (χ4v) is 3.27. The van der Waals surface area contributed by atoms with E-state index in [1.54, 1.807) is 17.0 Å². The molecule has 2 aromatic rings. The Balaban J connectivity index is 1.64. The summed E-state index contributed by atoms with van der Waals surface area (Å²) >= 11 is 0. The summed E-state index contributed by atoms with van der Waals surface area (Å²) in [6.07, 6.45) is 2.73. The number of nitrogens with two attached hydrogens (primary N) is 1. The Labute approximate surface area is 184 Å². The van der Waals surface area contributed by atoms with Gasteiger partial charge in [0.1, 0.15) is 31.3 Å². The predicted octanol–water partition coefficient (Wildman–Crippen LogP) is 0.947. The lowest BCUT2D eigenvalue weighted by molar-refractivity contribution is -0.143. The molecule has 1 fully saturated rings. The monoisotopic (exact) mass is 444 g/mol. The number of nitrogens with zero attached hydrogens (tertiary/aromatic N) is 4. The number of piperazine rings is 1. The van der Waals surface area contributed by atoms with Crippen LogP contribution in [0.15, 0.2) is 30.6 Å². The van der Waals surface area contributed by atoms with Gasteiger partial charge in [-0.2, -0.15) is 0 Å². The number of halogens is 1.